The highest BCUT2D eigenvalue weighted by Gasteiger charge is 2.23. The Morgan fingerprint density at radius 2 is 0.886 bits per heavy atom. The SMILES string of the molecule is CN(C)Cc1cc(N)ccc1N1CCC(O)CC1.CN(C)Cc1cc([N+](=O)[O-])ccc1F.CN(C)Cc1cc([N+](=O)[O-])ccc1N1CCC(O)CC1.CNC.COC(=O)c1cc([N+](=O)[O-])ccc1F.O=[N+]([O-])c1ccc(F)c(CO)c1.OC1CCNCC1. The fourth-order valence-corrected chi connectivity index (χ4v) is 8.69. The first-order valence-corrected chi connectivity index (χ1v) is 28.0. The van der Waals surface area contributed by atoms with E-state index in [2.05, 4.69) is 56.3 Å². The largest absolute Gasteiger partial charge is 0.465 e. The monoisotopic (exact) mass is 1240 g/mol. The van der Waals surface area contributed by atoms with Gasteiger partial charge in [-0.2, -0.15) is 0 Å². The number of halogens is 3. The number of anilines is 3. The van der Waals surface area contributed by atoms with Crippen LogP contribution in [0.1, 0.15) is 71.1 Å². The van der Waals surface area contributed by atoms with Gasteiger partial charge in [0.15, 0.2) is 0 Å². The smallest absolute Gasteiger partial charge is 0.341 e. The second-order valence-electron chi connectivity index (χ2n) is 21.2. The Hall–Kier alpha value is -8.00. The van der Waals surface area contributed by atoms with Crippen molar-refractivity contribution >= 4 is 45.8 Å². The molecular formula is C59H85F3N12O14. The Morgan fingerprint density at radius 3 is 1.26 bits per heavy atom. The van der Waals surface area contributed by atoms with Gasteiger partial charge in [0.2, 0.25) is 0 Å². The quantitative estimate of drug-likeness (QED) is 0.0254. The normalized spacial score (nSPS) is 14.1. The van der Waals surface area contributed by atoms with Gasteiger partial charge in [-0.15, -0.1) is 0 Å². The Bertz CT molecular complexity index is 2980. The number of hydrogen-bond donors (Lipinski definition) is 7. The number of non-ortho nitro benzene ring substituents is 4. The Morgan fingerprint density at radius 1 is 0.557 bits per heavy atom. The zero-order valence-electron chi connectivity index (χ0n) is 51.3. The van der Waals surface area contributed by atoms with E-state index < -0.39 is 50.4 Å². The van der Waals surface area contributed by atoms with Crippen molar-refractivity contribution in [1.82, 2.24) is 25.3 Å². The van der Waals surface area contributed by atoms with E-state index in [9.17, 15) is 68.6 Å². The first kappa shape index (κ1) is 76.1. The summed E-state index contributed by atoms with van der Waals surface area (Å²) in [6.45, 7) is 6.77. The number of ether oxygens (including phenoxy) is 1. The summed E-state index contributed by atoms with van der Waals surface area (Å²) in [5.41, 5.74) is 10.5. The molecule has 5 aromatic carbocycles. The summed E-state index contributed by atoms with van der Waals surface area (Å²) in [6.07, 6.45) is 4.68. The molecule has 3 saturated heterocycles. The van der Waals surface area contributed by atoms with Crippen molar-refractivity contribution in [2.45, 2.75) is 83.1 Å². The third kappa shape index (κ3) is 27.8. The van der Waals surface area contributed by atoms with E-state index in [1.54, 1.807) is 31.1 Å². The molecule has 29 heteroatoms. The summed E-state index contributed by atoms with van der Waals surface area (Å²) in [5, 5.41) is 84.3. The minimum Gasteiger partial charge on any atom is -0.465 e. The van der Waals surface area contributed by atoms with Gasteiger partial charge in [0.05, 0.1) is 51.7 Å². The van der Waals surface area contributed by atoms with E-state index in [4.69, 9.17) is 15.9 Å². The average molecular weight is 1240 g/mol. The lowest BCUT2D eigenvalue weighted by Crippen LogP contribution is -2.36. The van der Waals surface area contributed by atoms with E-state index in [0.717, 1.165) is 157 Å². The number of methoxy groups -OCH3 is 1. The number of carbonyl (C=O) groups excluding carboxylic acids is 1. The minimum absolute atomic E-state index is 0.0266. The molecule has 26 nitrogen and oxygen atoms in total. The Kier molecular flexibility index (Phi) is 34.3. The van der Waals surface area contributed by atoms with Crippen molar-refractivity contribution in [3.63, 3.8) is 0 Å². The number of nitro benzene ring substituents is 4. The minimum atomic E-state index is -0.939. The molecule has 3 heterocycles. The highest BCUT2D eigenvalue weighted by Crippen LogP contribution is 2.30. The first-order chi connectivity index (χ1) is 41.5. The Labute approximate surface area is 510 Å². The number of aliphatic hydroxyl groups excluding tert-OH is 4. The third-order valence-electron chi connectivity index (χ3n) is 13.0. The molecule has 5 aromatic rings. The highest BCUT2D eigenvalue weighted by atomic mass is 19.1. The van der Waals surface area contributed by atoms with Crippen molar-refractivity contribution in [1.29, 1.82) is 0 Å². The Balaban J connectivity index is 0.000000364. The number of aliphatic hydroxyl groups is 4. The van der Waals surface area contributed by atoms with Crippen LogP contribution < -0.4 is 26.2 Å². The van der Waals surface area contributed by atoms with Crippen LogP contribution in [0.15, 0.2) is 91.0 Å². The molecular weight excluding hydrogens is 1160 g/mol. The average Bonchev–Trinajstić information content (AvgIpc) is 3.68. The molecule has 3 aliphatic heterocycles. The lowest BCUT2D eigenvalue weighted by atomic mass is 10.0. The number of nitrogens with two attached hydrogens (primary N) is 1. The number of nitrogens with zero attached hydrogens (tertiary/aromatic N) is 9. The van der Waals surface area contributed by atoms with E-state index in [1.165, 1.54) is 17.3 Å². The molecule has 3 aliphatic rings. The fourth-order valence-electron chi connectivity index (χ4n) is 8.69. The van der Waals surface area contributed by atoms with Crippen LogP contribution in [0.5, 0.6) is 0 Å². The third-order valence-corrected chi connectivity index (χ3v) is 13.0. The maximum atomic E-state index is 13.1. The van der Waals surface area contributed by atoms with Crippen LogP contribution in [0, 0.1) is 57.9 Å². The summed E-state index contributed by atoms with van der Waals surface area (Å²) in [7, 11) is 16.4. The number of nitro groups is 4. The van der Waals surface area contributed by atoms with Crippen LogP contribution in [0.3, 0.4) is 0 Å². The van der Waals surface area contributed by atoms with Crippen molar-refractivity contribution in [3.05, 3.63) is 177 Å². The predicted molar refractivity (Wildman–Crippen MR) is 331 cm³/mol. The topological polar surface area (TPSA) is 346 Å². The number of hydrogen-bond acceptors (Lipinski definition) is 22. The second kappa shape index (κ2) is 39.7. The van der Waals surface area contributed by atoms with Crippen molar-refractivity contribution in [3.8, 4) is 0 Å². The summed E-state index contributed by atoms with van der Waals surface area (Å²) >= 11 is 0. The molecule has 0 atom stereocenters. The molecule has 3 fully saturated rings. The summed E-state index contributed by atoms with van der Waals surface area (Å²) < 4.78 is 43.0. The van der Waals surface area contributed by atoms with E-state index in [0.29, 0.717) is 18.7 Å². The van der Waals surface area contributed by atoms with Crippen molar-refractivity contribution < 1.29 is 62.8 Å². The zero-order chi connectivity index (χ0) is 66.2. The summed E-state index contributed by atoms with van der Waals surface area (Å²) in [4.78, 5) is 61.0. The van der Waals surface area contributed by atoms with Crippen molar-refractivity contribution in [2.24, 2.45) is 0 Å². The van der Waals surface area contributed by atoms with Gasteiger partial charge >= 0.3 is 5.97 Å². The molecule has 0 unspecified atom stereocenters. The number of carbonyl (C=O) groups is 1. The maximum absolute atomic E-state index is 13.1. The molecule has 88 heavy (non-hydrogen) atoms. The second-order valence-corrected chi connectivity index (χ2v) is 21.2. The maximum Gasteiger partial charge on any atom is 0.341 e. The van der Waals surface area contributed by atoms with Gasteiger partial charge in [0.25, 0.3) is 22.7 Å². The van der Waals surface area contributed by atoms with E-state index in [1.807, 2.05) is 45.2 Å². The van der Waals surface area contributed by atoms with Crippen molar-refractivity contribution in [2.75, 3.05) is 118 Å². The summed E-state index contributed by atoms with van der Waals surface area (Å²) in [5.74, 6) is -2.83. The number of esters is 1. The van der Waals surface area contributed by atoms with Gasteiger partial charge in [0, 0.05) is 123 Å². The van der Waals surface area contributed by atoms with Crippen LogP contribution in [0.25, 0.3) is 0 Å². The zero-order valence-corrected chi connectivity index (χ0v) is 51.3. The molecule has 0 spiro atoms. The first-order valence-electron chi connectivity index (χ1n) is 28.0. The van der Waals surface area contributed by atoms with Gasteiger partial charge in [-0.1, -0.05) is 0 Å². The van der Waals surface area contributed by atoms with Gasteiger partial charge in [-0.3, -0.25) is 40.5 Å². The van der Waals surface area contributed by atoms with Gasteiger partial charge < -0.3 is 66.0 Å². The molecule has 8 N–H and O–H groups in total. The van der Waals surface area contributed by atoms with Gasteiger partial charge in [-0.25, -0.2) is 18.0 Å². The number of nitrogens with one attached hydrogen (secondary N) is 2. The molecule has 0 aromatic heterocycles. The van der Waals surface area contributed by atoms with E-state index >= 15 is 0 Å². The van der Waals surface area contributed by atoms with Crippen LogP contribution in [0.2, 0.25) is 0 Å². The molecule has 0 bridgehead atoms. The molecule has 0 radical (unpaired) electrons. The highest BCUT2D eigenvalue weighted by molar-refractivity contribution is 5.90. The fraction of sp³-hybridized carbons (Fsp3) is 0.475. The van der Waals surface area contributed by atoms with Gasteiger partial charge in [-0.05, 0) is 162 Å². The lowest BCUT2D eigenvalue weighted by molar-refractivity contribution is -0.385. The number of nitrogen functional groups attached to an aromatic ring is 1. The standard InChI is InChI=1S/C14H21N3O3.C14H23N3O.C9H11FN2O2.C8H6FNO4.C7H6FNO3.C5H11NO.C2H7N/c1-15(2)10-11-9-12(17(19)20)3-4-14(11)16-7-5-13(18)6-8-16;1-16(2)10-11-9-12(15)3-4-14(11)17-7-5-13(18)6-8-17;1-11(2)6-7-5-8(12(13)14)3-4-9(7)10;1-14-8(11)6-4-5(10(12)13)2-3-7(6)9;8-7-2-1-6(9(11)12)3-5(7)4-10;7-5-1-3-6-4-2-5;1-3-2/h3-4,9,13,18H,5-8,10H2,1-2H3;3-4,9,13,18H,5-8,10,15H2,1-2H3;3-5H,6H2,1-2H3;2-4H,1H3;1-3,10H,4H2;5-7H,1-4H2;3H,1-2H3. The van der Waals surface area contributed by atoms with Crippen LogP contribution in [0.4, 0.5) is 53.0 Å². The molecule has 0 saturated carbocycles. The molecule has 8 rings (SSSR count). The van der Waals surface area contributed by atoms with Crippen LogP contribution >= 0.6 is 0 Å². The van der Waals surface area contributed by atoms with Crippen LogP contribution in [-0.4, -0.2) is 182 Å². The number of rotatable bonds is 14. The predicted octanol–water partition coefficient (Wildman–Crippen LogP) is 7.02. The molecule has 0 aliphatic carbocycles. The molecule has 486 valence electrons. The lowest BCUT2D eigenvalue weighted by Gasteiger charge is -2.33. The van der Waals surface area contributed by atoms with Crippen LogP contribution in [-0.2, 0) is 31.0 Å². The molecule has 0 amide bonds. The van der Waals surface area contributed by atoms with Gasteiger partial charge in [0.1, 0.15) is 23.0 Å². The van der Waals surface area contributed by atoms with E-state index in [-0.39, 0.29) is 51.5 Å². The number of piperidine rings is 3. The number of benzene rings is 5. The summed E-state index contributed by atoms with van der Waals surface area (Å²) in [6, 6.07) is 20.4.